The third-order valence-electron chi connectivity index (χ3n) is 3.06. The van der Waals surface area contributed by atoms with E-state index in [0.29, 0.717) is 16.4 Å². The van der Waals surface area contributed by atoms with Crippen LogP contribution in [0.25, 0.3) is 0 Å². The van der Waals surface area contributed by atoms with Gasteiger partial charge in [-0.15, -0.1) is 11.3 Å². The van der Waals surface area contributed by atoms with Gasteiger partial charge < -0.3 is 19.7 Å². The summed E-state index contributed by atoms with van der Waals surface area (Å²) in [6.07, 6.45) is 0. The molecule has 2 aromatic heterocycles. The van der Waals surface area contributed by atoms with Crippen molar-refractivity contribution in [2.75, 3.05) is 0 Å². The monoisotopic (exact) mass is 360 g/mol. The second-order valence-electron chi connectivity index (χ2n) is 4.84. The molecule has 0 radical (unpaired) electrons. The Balaban J connectivity index is 1.56. The average Bonchev–Trinajstić information content (AvgIpc) is 3.30. The summed E-state index contributed by atoms with van der Waals surface area (Å²) >= 11 is 1.38. The van der Waals surface area contributed by atoms with Crippen LogP contribution in [0.15, 0.2) is 63.5 Å². The van der Waals surface area contributed by atoms with Crippen molar-refractivity contribution in [3.8, 4) is 5.75 Å². The molecular formula is C17H13FN2O4S. The van der Waals surface area contributed by atoms with Crippen LogP contribution in [0.1, 0.15) is 21.2 Å². The Hall–Kier alpha value is -3.13. The summed E-state index contributed by atoms with van der Waals surface area (Å²) in [5.74, 6) is -0.151. The number of ether oxygens (including phenoxy) is 1. The molecule has 0 spiro atoms. The number of nitrogens with two attached hydrogens (primary N) is 1. The predicted molar refractivity (Wildman–Crippen MR) is 89.9 cm³/mol. The molecule has 0 amide bonds. The Kier molecular flexibility index (Phi) is 5.10. The van der Waals surface area contributed by atoms with Gasteiger partial charge in [-0.25, -0.2) is 9.18 Å². The standard InChI is InChI=1S/C17H13FN2O4S/c18-11-3-5-12(6-4-11)22-10-13-7-8-14(23-13)17(21)24-20-16(19)15-2-1-9-25-15/h1-9H,10H2,(H2,19,20). The molecule has 2 heterocycles. The summed E-state index contributed by atoms with van der Waals surface area (Å²) in [6.45, 7) is 0.0829. The molecule has 0 aliphatic carbocycles. The zero-order valence-electron chi connectivity index (χ0n) is 12.8. The minimum atomic E-state index is -0.771. The Bertz CT molecular complexity index is 872. The van der Waals surface area contributed by atoms with Crippen molar-refractivity contribution in [2.24, 2.45) is 10.9 Å². The minimum absolute atomic E-state index is 0.0274. The van der Waals surface area contributed by atoms with Gasteiger partial charge in [-0.1, -0.05) is 11.2 Å². The van der Waals surface area contributed by atoms with Crippen molar-refractivity contribution in [1.29, 1.82) is 0 Å². The Morgan fingerprint density at radius 1 is 1.20 bits per heavy atom. The highest BCUT2D eigenvalue weighted by atomic mass is 32.1. The number of oxime groups is 1. The van der Waals surface area contributed by atoms with Crippen LogP contribution in [0, 0.1) is 5.82 Å². The van der Waals surface area contributed by atoms with E-state index in [0.717, 1.165) is 0 Å². The first-order valence-electron chi connectivity index (χ1n) is 7.17. The fourth-order valence-corrected chi connectivity index (χ4v) is 2.47. The summed E-state index contributed by atoms with van der Waals surface area (Å²) in [5.41, 5.74) is 5.70. The molecule has 128 valence electrons. The number of carbonyl (C=O) groups is 1. The van der Waals surface area contributed by atoms with Crippen LogP contribution in [0.3, 0.4) is 0 Å². The topological polar surface area (TPSA) is 87.1 Å². The van der Waals surface area contributed by atoms with E-state index in [1.54, 1.807) is 12.1 Å². The van der Waals surface area contributed by atoms with E-state index in [9.17, 15) is 9.18 Å². The molecule has 25 heavy (non-hydrogen) atoms. The average molecular weight is 360 g/mol. The Morgan fingerprint density at radius 2 is 2.00 bits per heavy atom. The van der Waals surface area contributed by atoms with Crippen molar-refractivity contribution in [2.45, 2.75) is 6.61 Å². The molecule has 3 rings (SSSR count). The van der Waals surface area contributed by atoms with Gasteiger partial charge in [0.15, 0.2) is 5.84 Å². The highest BCUT2D eigenvalue weighted by Crippen LogP contribution is 2.16. The zero-order valence-corrected chi connectivity index (χ0v) is 13.7. The molecule has 3 aromatic rings. The highest BCUT2D eigenvalue weighted by Gasteiger charge is 2.14. The van der Waals surface area contributed by atoms with E-state index < -0.39 is 5.97 Å². The number of thiophene rings is 1. The van der Waals surface area contributed by atoms with Gasteiger partial charge in [0.1, 0.15) is 23.9 Å². The van der Waals surface area contributed by atoms with Gasteiger partial charge in [-0.05, 0) is 47.8 Å². The number of halogens is 1. The summed E-state index contributed by atoms with van der Waals surface area (Å²) in [7, 11) is 0. The van der Waals surface area contributed by atoms with Gasteiger partial charge in [0.25, 0.3) is 0 Å². The zero-order chi connectivity index (χ0) is 17.6. The number of rotatable bonds is 6. The van der Waals surface area contributed by atoms with Gasteiger partial charge >= 0.3 is 5.97 Å². The van der Waals surface area contributed by atoms with Crippen LogP contribution in [0.4, 0.5) is 4.39 Å². The van der Waals surface area contributed by atoms with Crippen molar-refractivity contribution >= 4 is 23.1 Å². The molecule has 0 bridgehead atoms. The molecular weight excluding hydrogens is 347 g/mol. The maximum Gasteiger partial charge on any atom is 0.400 e. The summed E-state index contributed by atoms with van der Waals surface area (Å²) in [5, 5.41) is 5.42. The van der Waals surface area contributed by atoms with E-state index in [4.69, 9.17) is 19.7 Å². The van der Waals surface area contributed by atoms with Crippen LogP contribution in [0.2, 0.25) is 0 Å². The Labute approximate surface area is 146 Å². The quantitative estimate of drug-likeness (QED) is 0.314. The molecule has 1 aromatic carbocycles. The van der Waals surface area contributed by atoms with Crippen molar-refractivity contribution < 1.29 is 23.2 Å². The summed E-state index contributed by atoms with van der Waals surface area (Å²) in [6, 6.07) is 12.2. The second kappa shape index (κ2) is 7.63. The second-order valence-corrected chi connectivity index (χ2v) is 5.79. The van der Waals surface area contributed by atoms with E-state index in [1.165, 1.54) is 41.7 Å². The molecule has 0 atom stereocenters. The first-order chi connectivity index (χ1) is 12.1. The predicted octanol–water partition coefficient (Wildman–Crippen LogP) is 3.54. The van der Waals surface area contributed by atoms with Crippen LogP contribution in [0.5, 0.6) is 5.75 Å². The molecule has 0 aliphatic rings. The lowest BCUT2D eigenvalue weighted by atomic mass is 10.3. The van der Waals surface area contributed by atoms with Gasteiger partial charge in [0.2, 0.25) is 5.76 Å². The van der Waals surface area contributed by atoms with Crippen molar-refractivity contribution in [3.05, 3.63) is 76.1 Å². The van der Waals surface area contributed by atoms with Gasteiger partial charge in [0, 0.05) is 0 Å². The largest absolute Gasteiger partial charge is 0.486 e. The van der Waals surface area contributed by atoms with E-state index in [1.807, 2.05) is 11.4 Å². The van der Waals surface area contributed by atoms with Gasteiger partial charge in [-0.2, -0.15) is 0 Å². The summed E-state index contributed by atoms with van der Waals surface area (Å²) < 4.78 is 23.6. The maximum absolute atomic E-state index is 12.8. The number of furan rings is 1. The molecule has 2 N–H and O–H groups in total. The highest BCUT2D eigenvalue weighted by molar-refractivity contribution is 7.12. The third kappa shape index (κ3) is 4.45. The number of hydrogen-bond donors (Lipinski definition) is 1. The van der Waals surface area contributed by atoms with Crippen LogP contribution < -0.4 is 10.5 Å². The first kappa shape index (κ1) is 16.7. The molecule has 0 unspecified atom stereocenters. The molecule has 0 fully saturated rings. The summed E-state index contributed by atoms with van der Waals surface area (Å²) in [4.78, 5) is 17.3. The van der Waals surface area contributed by atoms with Crippen LogP contribution in [-0.4, -0.2) is 11.8 Å². The number of benzene rings is 1. The van der Waals surface area contributed by atoms with E-state index in [-0.39, 0.29) is 24.0 Å². The number of nitrogens with zero attached hydrogens (tertiary/aromatic N) is 1. The molecule has 0 saturated heterocycles. The lowest BCUT2D eigenvalue weighted by Crippen LogP contribution is -2.13. The van der Waals surface area contributed by atoms with Gasteiger partial charge in [0.05, 0.1) is 4.88 Å². The lowest BCUT2D eigenvalue weighted by molar-refractivity contribution is 0.0475. The SMILES string of the molecule is N/C(=N\OC(=O)c1ccc(COc2ccc(F)cc2)o1)c1cccs1. The van der Waals surface area contributed by atoms with Crippen molar-refractivity contribution in [3.63, 3.8) is 0 Å². The van der Waals surface area contributed by atoms with E-state index >= 15 is 0 Å². The van der Waals surface area contributed by atoms with Crippen LogP contribution in [-0.2, 0) is 11.4 Å². The minimum Gasteiger partial charge on any atom is -0.486 e. The Morgan fingerprint density at radius 3 is 2.72 bits per heavy atom. The molecule has 0 saturated carbocycles. The molecule has 6 nitrogen and oxygen atoms in total. The number of hydrogen-bond acceptors (Lipinski definition) is 6. The van der Waals surface area contributed by atoms with Crippen molar-refractivity contribution in [1.82, 2.24) is 0 Å². The number of amidine groups is 1. The third-order valence-corrected chi connectivity index (χ3v) is 3.95. The lowest BCUT2D eigenvalue weighted by Gasteiger charge is -2.03. The fraction of sp³-hybridized carbons (Fsp3) is 0.0588. The number of carbonyl (C=O) groups excluding carboxylic acids is 1. The normalized spacial score (nSPS) is 11.3. The van der Waals surface area contributed by atoms with Gasteiger partial charge in [-0.3, -0.25) is 0 Å². The molecule has 8 heteroatoms. The first-order valence-corrected chi connectivity index (χ1v) is 8.05. The smallest absolute Gasteiger partial charge is 0.400 e. The van der Waals surface area contributed by atoms with Crippen LogP contribution >= 0.6 is 11.3 Å². The maximum atomic E-state index is 12.8. The molecule has 0 aliphatic heterocycles. The van der Waals surface area contributed by atoms with E-state index in [2.05, 4.69) is 5.16 Å². The fourth-order valence-electron chi connectivity index (χ4n) is 1.86.